The molecule has 1 atom stereocenters. The lowest BCUT2D eigenvalue weighted by molar-refractivity contribution is 0.535. The van der Waals surface area contributed by atoms with Gasteiger partial charge >= 0.3 is 0 Å². The van der Waals surface area contributed by atoms with Crippen LogP contribution in [0.3, 0.4) is 0 Å². The van der Waals surface area contributed by atoms with Crippen LogP contribution in [0.5, 0.6) is 0 Å². The highest BCUT2D eigenvalue weighted by atomic mass is 14.2. The smallest absolute Gasteiger partial charge is 0.0167 e. The first-order valence-electron chi connectivity index (χ1n) is 7.86. The molecule has 0 aliphatic heterocycles. The van der Waals surface area contributed by atoms with Crippen LogP contribution in [0.4, 0.5) is 0 Å². The minimum atomic E-state index is 0.586. The van der Waals surface area contributed by atoms with Crippen molar-refractivity contribution in [3.8, 4) is 11.1 Å². The molecule has 0 aliphatic rings. The summed E-state index contributed by atoms with van der Waals surface area (Å²) in [7, 11) is 0. The fraction of sp³-hybridized carbons (Fsp3) is 0.333. The number of allylic oxidation sites excluding steroid dienone is 1. The predicted octanol–water partition coefficient (Wildman–Crippen LogP) is 6.45. The number of rotatable bonds is 4. The van der Waals surface area contributed by atoms with E-state index in [-0.39, 0.29) is 0 Å². The maximum absolute atomic E-state index is 2.35. The quantitative estimate of drug-likeness (QED) is 0.602. The Labute approximate surface area is 129 Å². The van der Waals surface area contributed by atoms with Gasteiger partial charge in [0.15, 0.2) is 0 Å². The van der Waals surface area contributed by atoms with Gasteiger partial charge in [-0.25, -0.2) is 0 Å². The molecule has 110 valence electrons. The van der Waals surface area contributed by atoms with Crippen LogP contribution in [0.25, 0.3) is 17.2 Å². The number of hydrogen-bond donors (Lipinski definition) is 0. The fourth-order valence-electron chi connectivity index (χ4n) is 2.64. The zero-order chi connectivity index (χ0) is 15.4. The van der Waals surface area contributed by atoms with Crippen LogP contribution >= 0.6 is 0 Å². The molecule has 0 fully saturated rings. The molecule has 0 spiro atoms. The third kappa shape index (κ3) is 3.85. The molecule has 0 saturated heterocycles. The highest BCUT2D eigenvalue weighted by molar-refractivity contribution is 5.68. The Hall–Kier alpha value is -1.82. The lowest BCUT2D eigenvalue weighted by Crippen LogP contribution is -2.02. The molecule has 0 N–H and O–H groups in total. The zero-order valence-electron chi connectivity index (χ0n) is 13.9. The lowest BCUT2D eigenvalue weighted by Gasteiger charge is -2.18. The fourth-order valence-corrected chi connectivity index (χ4v) is 2.64. The minimum Gasteiger partial charge on any atom is -0.0871 e. The molecular formula is C21H26. The Bertz CT molecular complexity index is 632. The van der Waals surface area contributed by atoms with Gasteiger partial charge in [0.2, 0.25) is 0 Å². The summed E-state index contributed by atoms with van der Waals surface area (Å²) < 4.78 is 0. The Morgan fingerprint density at radius 1 is 0.905 bits per heavy atom. The Kier molecular flexibility index (Phi) is 5.01. The minimum absolute atomic E-state index is 0.586. The van der Waals surface area contributed by atoms with Crippen LogP contribution in [0.1, 0.15) is 50.3 Å². The first-order valence-corrected chi connectivity index (χ1v) is 7.86. The summed E-state index contributed by atoms with van der Waals surface area (Å²) in [5, 5.41) is 0. The van der Waals surface area contributed by atoms with Gasteiger partial charge in [-0.05, 0) is 54.0 Å². The van der Waals surface area contributed by atoms with E-state index in [0.29, 0.717) is 11.8 Å². The van der Waals surface area contributed by atoms with Crippen molar-refractivity contribution in [1.29, 1.82) is 0 Å². The standard InChI is InChI=1S/C21H26/c1-6-8-18-9-7-10-19(13-18)21-12-16(4)11-20(14-21)17(5)15(2)3/h6-15,17H,1-5H3/b8-6+. The molecule has 0 heterocycles. The maximum atomic E-state index is 2.35. The van der Waals surface area contributed by atoms with E-state index in [9.17, 15) is 0 Å². The van der Waals surface area contributed by atoms with Crippen LogP contribution in [0, 0.1) is 12.8 Å². The van der Waals surface area contributed by atoms with Gasteiger partial charge in [0.25, 0.3) is 0 Å². The first kappa shape index (κ1) is 15.6. The van der Waals surface area contributed by atoms with E-state index in [2.05, 4.69) is 89.2 Å². The summed E-state index contributed by atoms with van der Waals surface area (Å²) in [4.78, 5) is 0. The molecule has 0 saturated carbocycles. The second-order valence-corrected chi connectivity index (χ2v) is 6.29. The molecule has 0 nitrogen and oxygen atoms in total. The first-order chi connectivity index (χ1) is 10.0. The van der Waals surface area contributed by atoms with Crippen molar-refractivity contribution in [2.75, 3.05) is 0 Å². The molecule has 0 aliphatic carbocycles. The highest BCUT2D eigenvalue weighted by Gasteiger charge is 2.11. The summed E-state index contributed by atoms with van der Waals surface area (Å²) in [5.74, 6) is 1.25. The molecule has 0 amide bonds. The second kappa shape index (κ2) is 6.76. The van der Waals surface area contributed by atoms with Gasteiger partial charge in [0.05, 0.1) is 0 Å². The number of aryl methyl sites for hydroxylation is 1. The topological polar surface area (TPSA) is 0 Å². The van der Waals surface area contributed by atoms with Gasteiger partial charge in [0.1, 0.15) is 0 Å². The van der Waals surface area contributed by atoms with E-state index < -0.39 is 0 Å². The van der Waals surface area contributed by atoms with E-state index in [1.807, 2.05) is 0 Å². The van der Waals surface area contributed by atoms with Crippen molar-refractivity contribution in [3.05, 3.63) is 65.2 Å². The summed E-state index contributed by atoms with van der Waals surface area (Å²) >= 11 is 0. The second-order valence-electron chi connectivity index (χ2n) is 6.29. The van der Waals surface area contributed by atoms with Crippen LogP contribution in [-0.2, 0) is 0 Å². The molecule has 1 unspecified atom stereocenters. The van der Waals surface area contributed by atoms with Crippen LogP contribution in [0.15, 0.2) is 48.5 Å². The van der Waals surface area contributed by atoms with E-state index >= 15 is 0 Å². The SMILES string of the molecule is C/C=C/c1cccc(-c2cc(C)cc(C(C)C(C)C)c2)c1. The molecular weight excluding hydrogens is 252 g/mol. The molecule has 0 radical (unpaired) electrons. The van der Waals surface area contributed by atoms with Crippen molar-refractivity contribution in [1.82, 2.24) is 0 Å². The molecule has 0 bridgehead atoms. The monoisotopic (exact) mass is 278 g/mol. The molecule has 0 heteroatoms. The molecule has 2 aromatic carbocycles. The van der Waals surface area contributed by atoms with Gasteiger partial charge in [-0.1, -0.05) is 74.9 Å². The highest BCUT2D eigenvalue weighted by Crippen LogP contribution is 2.30. The van der Waals surface area contributed by atoms with Gasteiger partial charge < -0.3 is 0 Å². The Morgan fingerprint density at radius 2 is 1.67 bits per heavy atom. The average molecular weight is 278 g/mol. The molecule has 0 aromatic heterocycles. The van der Waals surface area contributed by atoms with E-state index in [4.69, 9.17) is 0 Å². The van der Waals surface area contributed by atoms with Crippen LogP contribution < -0.4 is 0 Å². The number of hydrogen-bond acceptors (Lipinski definition) is 0. The maximum Gasteiger partial charge on any atom is -0.0167 e. The van der Waals surface area contributed by atoms with Gasteiger partial charge in [0, 0.05) is 0 Å². The van der Waals surface area contributed by atoms with E-state index in [1.165, 1.54) is 27.8 Å². The lowest BCUT2D eigenvalue weighted by atomic mass is 9.87. The third-order valence-electron chi connectivity index (χ3n) is 4.20. The van der Waals surface area contributed by atoms with Gasteiger partial charge in [-0.2, -0.15) is 0 Å². The van der Waals surface area contributed by atoms with Crippen LogP contribution in [-0.4, -0.2) is 0 Å². The zero-order valence-corrected chi connectivity index (χ0v) is 13.9. The Balaban J connectivity index is 2.46. The van der Waals surface area contributed by atoms with Crippen molar-refractivity contribution in [3.63, 3.8) is 0 Å². The van der Waals surface area contributed by atoms with Crippen molar-refractivity contribution >= 4 is 6.08 Å². The van der Waals surface area contributed by atoms with Gasteiger partial charge in [-0.3, -0.25) is 0 Å². The van der Waals surface area contributed by atoms with E-state index in [1.54, 1.807) is 0 Å². The van der Waals surface area contributed by atoms with Gasteiger partial charge in [-0.15, -0.1) is 0 Å². The molecule has 2 aromatic rings. The third-order valence-corrected chi connectivity index (χ3v) is 4.20. The summed E-state index contributed by atoms with van der Waals surface area (Å²) in [5.41, 5.74) is 6.66. The summed E-state index contributed by atoms with van der Waals surface area (Å²) in [6.45, 7) is 11.1. The van der Waals surface area contributed by atoms with Crippen molar-refractivity contribution in [2.45, 2.75) is 40.5 Å². The largest absolute Gasteiger partial charge is 0.0871 e. The average Bonchev–Trinajstić information content (AvgIpc) is 2.46. The normalized spacial score (nSPS) is 13.0. The summed E-state index contributed by atoms with van der Waals surface area (Å²) in [6.07, 6.45) is 4.23. The number of benzene rings is 2. The Morgan fingerprint density at radius 3 is 2.33 bits per heavy atom. The molecule has 21 heavy (non-hydrogen) atoms. The van der Waals surface area contributed by atoms with Crippen molar-refractivity contribution < 1.29 is 0 Å². The molecule has 2 rings (SSSR count). The summed E-state index contributed by atoms with van der Waals surface area (Å²) in [6, 6.07) is 15.7. The van der Waals surface area contributed by atoms with Crippen LogP contribution in [0.2, 0.25) is 0 Å². The van der Waals surface area contributed by atoms with Crippen molar-refractivity contribution in [2.24, 2.45) is 5.92 Å². The predicted molar refractivity (Wildman–Crippen MR) is 94.6 cm³/mol. The van der Waals surface area contributed by atoms with E-state index in [0.717, 1.165) is 0 Å².